The highest BCUT2D eigenvalue weighted by atomic mass is 32.2. The molecule has 3 rings (SSSR count). The summed E-state index contributed by atoms with van der Waals surface area (Å²) in [6.45, 7) is 2.29. The molecule has 2 N–H and O–H groups in total. The van der Waals surface area contributed by atoms with E-state index < -0.39 is 0 Å². The molecule has 0 spiro atoms. The third kappa shape index (κ3) is 1.41. The van der Waals surface area contributed by atoms with Gasteiger partial charge in [-0.05, 0) is 61.6 Å². The summed E-state index contributed by atoms with van der Waals surface area (Å²) in [6, 6.07) is 0. The van der Waals surface area contributed by atoms with Crippen molar-refractivity contribution in [1.29, 1.82) is 0 Å². The molecular formula is C11H19NOS. The predicted octanol–water partition coefficient (Wildman–Crippen LogP) is 1.10. The molecular weight excluding hydrogens is 194 g/mol. The molecule has 0 aromatic carbocycles. The molecule has 1 saturated carbocycles. The fourth-order valence-electron chi connectivity index (χ4n) is 3.55. The number of fused-ring (bicyclic) bond motifs is 1. The number of rotatable bonds is 1. The Morgan fingerprint density at radius 1 is 1.21 bits per heavy atom. The normalized spacial score (nSPS) is 52.5. The van der Waals surface area contributed by atoms with Crippen LogP contribution in [0.2, 0.25) is 0 Å². The SMILES string of the molecule is OC1(C2CCSC2)CC2CNCC2C1. The van der Waals surface area contributed by atoms with Gasteiger partial charge in [0.05, 0.1) is 5.60 Å². The molecule has 3 aliphatic rings. The first kappa shape index (κ1) is 9.49. The molecule has 3 atom stereocenters. The van der Waals surface area contributed by atoms with E-state index in [1.54, 1.807) is 0 Å². The van der Waals surface area contributed by atoms with Crippen molar-refractivity contribution in [2.45, 2.75) is 24.9 Å². The molecule has 3 heteroatoms. The minimum atomic E-state index is -0.291. The first-order valence-electron chi connectivity index (χ1n) is 5.79. The first-order valence-corrected chi connectivity index (χ1v) is 6.94. The minimum absolute atomic E-state index is 0.291. The van der Waals surface area contributed by atoms with Gasteiger partial charge in [-0.1, -0.05) is 0 Å². The summed E-state index contributed by atoms with van der Waals surface area (Å²) in [5, 5.41) is 14.1. The lowest BCUT2D eigenvalue weighted by molar-refractivity contribution is -0.00921. The number of aliphatic hydroxyl groups is 1. The topological polar surface area (TPSA) is 32.3 Å². The number of hydrogen-bond acceptors (Lipinski definition) is 3. The van der Waals surface area contributed by atoms with Crippen molar-refractivity contribution < 1.29 is 5.11 Å². The molecule has 80 valence electrons. The van der Waals surface area contributed by atoms with Crippen LogP contribution in [0.4, 0.5) is 0 Å². The van der Waals surface area contributed by atoms with Gasteiger partial charge in [-0.25, -0.2) is 0 Å². The summed E-state index contributed by atoms with van der Waals surface area (Å²) in [4.78, 5) is 0. The summed E-state index contributed by atoms with van der Waals surface area (Å²) in [7, 11) is 0. The molecule has 2 heterocycles. The second-order valence-electron chi connectivity index (χ2n) is 5.25. The lowest BCUT2D eigenvalue weighted by Crippen LogP contribution is -2.37. The molecule has 0 bridgehead atoms. The smallest absolute Gasteiger partial charge is 0.0690 e. The largest absolute Gasteiger partial charge is 0.390 e. The van der Waals surface area contributed by atoms with Crippen LogP contribution >= 0.6 is 11.8 Å². The molecule has 2 nitrogen and oxygen atoms in total. The molecule has 3 fully saturated rings. The number of thioether (sulfide) groups is 1. The van der Waals surface area contributed by atoms with Gasteiger partial charge in [-0.15, -0.1) is 0 Å². The van der Waals surface area contributed by atoms with Crippen LogP contribution in [-0.2, 0) is 0 Å². The highest BCUT2D eigenvalue weighted by Crippen LogP contribution is 2.48. The Morgan fingerprint density at radius 3 is 2.50 bits per heavy atom. The van der Waals surface area contributed by atoms with Gasteiger partial charge in [0, 0.05) is 0 Å². The quantitative estimate of drug-likeness (QED) is 0.684. The van der Waals surface area contributed by atoms with Crippen molar-refractivity contribution >= 4 is 11.8 Å². The highest BCUT2D eigenvalue weighted by Gasteiger charge is 2.50. The van der Waals surface area contributed by atoms with Crippen molar-refractivity contribution in [3.05, 3.63) is 0 Å². The summed E-state index contributed by atoms with van der Waals surface area (Å²) in [5.74, 6) is 4.60. The van der Waals surface area contributed by atoms with Gasteiger partial charge >= 0.3 is 0 Å². The number of nitrogens with one attached hydrogen (secondary N) is 1. The van der Waals surface area contributed by atoms with Crippen LogP contribution in [0.15, 0.2) is 0 Å². The van der Waals surface area contributed by atoms with Gasteiger partial charge in [-0.2, -0.15) is 11.8 Å². The van der Waals surface area contributed by atoms with Crippen LogP contribution in [0.25, 0.3) is 0 Å². The molecule has 2 saturated heterocycles. The summed E-state index contributed by atoms with van der Waals surface area (Å²) in [6.07, 6.45) is 3.37. The molecule has 0 aromatic rings. The molecule has 3 unspecified atom stereocenters. The molecule has 14 heavy (non-hydrogen) atoms. The van der Waals surface area contributed by atoms with Crippen LogP contribution in [0, 0.1) is 17.8 Å². The van der Waals surface area contributed by atoms with E-state index in [1.165, 1.54) is 17.9 Å². The van der Waals surface area contributed by atoms with Gasteiger partial charge < -0.3 is 10.4 Å². The summed E-state index contributed by atoms with van der Waals surface area (Å²) in [5.41, 5.74) is -0.291. The Morgan fingerprint density at radius 2 is 1.93 bits per heavy atom. The van der Waals surface area contributed by atoms with E-state index in [9.17, 15) is 5.11 Å². The van der Waals surface area contributed by atoms with E-state index >= 15 is 0 Å². The Kier molecular flexibility index (Phi) is 2.30. The first-order chi connectivity index (χ1) is 6.78. The summed E-state index contributed by atoms with van der Waals surface area (Å²) >= 11 is 2.02. The van der Waals surface area contributed by atoms with Gasteiger partial charge in [0.25, 0.3) is 0 Å². The van der Waals surface area contributed by atoms with Crippen molar-refractivity contribution in [3.8, 4) is 0 Å². The Balaban J connectivity index is 1.72. The Bertz CT molecular complexity index is 215. The van der Waals surface area contributed by atoms with Gasteiger partial charge in [0.15, 0.2) is 0 Å². The van der Waals surface area contributed by atoms with Crippen LogP contribution in [0.5, 0.6) is 0 Å². The third-order valence-electron chi connectivity index (χ3n) is 4.40. The van der Waals surface area contributed by atoms with E-state index in [0.717, 1.165) is 37.8 Å². The molecule has 1 aliphatic carbocycles. The lowest BCUT2D eigenvalue weighted by atomic mass is 9.84. The molecule has 0 amide bonds. The summed E-state index contributed by atoms with van der Waals surface area (Å²) < 4.78 is 0. The maximum atomic E-state index is 10.7. The second-order valence-corrected chi connectivity index (χ2v) is 6.40. The molecule has 2 aliphatic heterocycles. The van der Waals surface area contributed by atoms with Crippen LogP contribution in [-0.4, -0.2) is 35.3 Å². The van der Waals surface area contributed by atoms with Crippen LogP contribution in [0.1, 0.15) is 19.3 Å². The molecule has 0 radical (unpaired) electrons. The van der Waals surface area contributed by atoms with E-state index in [-0.39, 0.29) is 5.60 Å². The highest BCUT2D eigenvalue weighted by molar-refractivity contribution is 7.99. The van der Waals surface area contributed by atoms with Crippen molar-refractivity contribution in [3.63, 3.8) is 0 Å². The second kappa shape index (κ2) is 3.39. The van der Waals surface area contributed by atoms with E-state index in [2.05, 4.69) is 5.32 Å². The van der Waals surface area contributed by atoms with Gasteiger partial charge in [-0.3, -0.25) is 0 Å². The fraction of sp³-hybridized carbons (Fsp3) is 1.00. The fourth-order valence-corrected chi connectivity index (χ4v) is 4.93. The molecule has 0 aromatic heterocycles. The average Bonchev–Trinajstić information content (AvgIpc) is 2.74. The van der Waals surface area contributed by atoms with Crippen molar-refractivity contribution in [1.82, 2.24) is 5.32 Å². The Labute approximate surface area is 89.8 Å². The lowest BCUT2D eigenvalue weighted by Gasteiger charge is -2.30. The third-order valence-corrected chi connectivity index (χ3v) is 5.56. The Hall–Kier alpha value is 0.270. The monoisotopic (exact) mass is 213 g/mol. The zero-order valence-corrected chi connectivity index (χ0v) is 9.35. The van der Waals surface area contributed by atoms with Crippen molar-refractivity contribution in [2.75, 3.05) is 24.6 Å². The maximum Gasteiger partial charge on any atom is 0.0690 e. The maximum absolute atomic E-state index is 10.7. The van der Waals surface area contributed by atoms with E-state index in [0.29, 0.717) is 5.92 Å². The predicted molar refractivity (Wildman–Crippen MR) is 59.5 cm³/mol. The standard InChI is InChI=1S/C11H19NOS/c13-11(10-1-2-14-7-10)3-8-5-12-6-9(8)4-11/h8-10,12-13H,1-7H2. The van der Waals surface area contributed by atoms with Gasteiger partial charge in [0.2, 0.25) is 0 Å². The zero-order valence-electron chi connectivity index (χ0n) is 8.54. The minimum Gasteiger partial charge on any atom is -0.390 e. The van der Waals surface area contributed by atoms with Crippen molar-refractivity contribution in [2.24, 2.45) is 17.8 Å². The van der Waals surface area contributed by atoms with Crippen LogP contribution in [0.3, 0.4) is 0 Å². The van der Waals surface area contributed by atoms with Gasteiger partial charge in [0.1, 0.15) is 0 Å². The average molecular weight is 213 g/mol. The van der Waals surface area contributed by atoms with Crippen LogP contribution < -0.4 is 5.32 Å². The number of hydrogen-bond donors (Lipinski definition) is 2. The zero-order chi connectivity index (χ0) is 9.60. The van der Waals surface area contributed by atoms with E-state index in [4.69, 9.17) is 0 Å². The van der Waals surface area contributed by atoms with E-state index in [1.807, 2.05) is 11.8 Å².